The summed E-state index contributed by atoms with van der Waals surface area (Å²) in [6.45, 7) is 4.53. The average Bonchev–Trinajstić information content (AvgIpc) is 4.36. The van der Waals surface area contributed by atoms with Crippen molar-refractivity contribution in [2.24, 2.45) is 17.4 Å². The lowest BCUT2D eigenvalue weighted by Gasteiger charge is -2.33. The highest BCUT2D eigenvalue weighted by atomic mass is 16.4. The quantitative estimate of drug-likeness (QED) is 0.0521. The molecule has 13 N–H and O–H groups in total. The van der Waals surface area contributed by atoms with Gasteiger partial charge >= 0.3 is 5.97 Å². The van der Waals surface area contributed by atoms with Crippen molar-refractivity contribution in [2.45, 2.75) is 165 Å². The first-order chi connectivity index (χ1) is 37.6. The topological polar surface area (TPSA) is 382 Å². The molecule has 0 spiro atoms. The highest BCUT2D eigenvalue weighted by Gasteiger charge is 2.44. The maximum Gasteiger partial charge on any atom is 0.326 e. The fourth-order valence-electron chi connectivity index (χ4n) is 10.7. The standard InChI is InChI=1S/C54H75N11O14/c1-30(2)27-38(52(76)64-25-6-10-43(64)50(74)62-40(54(78)79)29-32-13-17-34(67)18-14-32)60-47(71)36(19-21-44(55)68)58-48(72)41-8-4-24-63(41)51(75)37(20-22-45(56)69)59-49(73)42-9-5-26-65(42)53(77)39(28-31-11-15-33(66)16-12-31)61-46(70)35-7-3-23-57-35/h11-18,30,35-43,57,66-67H,3-10,19-29H2,1-2H3,(H2,55,68)(H2,56,69)(H,58,72)(H,59,73)(H,60,71)(H,61,70)(H,62,74)(H,78,79)/t35-,36-,37-,38-,39-,40-,41-,42-,43-/m0/s1. The molecule has 4 aliphatic heterocycles. The maximum atomic E-state index is 14.5. The third kappa shape index (κ3) is 16.8. The van der Waals surface area contributed by atoms with E-state index in [2.05, 4.69) is 31.9 Å². The Hall–Kier alpha value is -7.83. The van der Waals surface area contributed by atoms with Crippen LogP contribution in [0.3, 0.4) is 0 Å². The van der Waals surface area contributed by atoms with E-state index in [4.69, 9.17) is 11.5 Å². The summed E-state index contributed by atoms with van der Waals surface area (Å²) < 4.78 is 0. The molecule has 79 heavy (non-hydrogen) atoms. The molecule has 25 nitrogen and oxygen atoms in total. The number of amides is 10. The predicted molar refractivity (Wildman–Crippen MR) is 282 cm³/mol. The third-order valence-electron chi connectivity index (χ3n) is 14.8. The minimum Gasteiger partial charge on any atom is -0.508 e. The summed E-state index contributed by atoms with van der Waals surface area (Å²) in [5, 5.41) is 46.1. The molecule has 0 radical (unpaired) electrons. The number of nitrogens with one attached hydrogen (secondary N) is 6. The molecule has 0 aliphatic carbocycles. The number of nitrogens with zero attached hydrogens (tertiary/aromatic N) is 3. The van der Waals surface area contributed by atoms with E-state index < -0.39 is 114 Å². The van der Waals surface area contributed by atoms with Crippen LogP contribution in [0.25, 0.3) is 0 Å². The number of benzene rings is 2. The number of primary amides is 2. The summed E-state index contributed by atoms with van der Waals surface area (Å²) in [7, 11) is 0. The molecule has 25 heteroatoms. The highest BCUT2D eigenvalue weighted by Crippen LogP contribution is 2.25. The van der Waals surface area contributed by atoms with Crippen LogP contribution in [0.4, 0.5) is 0 Å². The number of rotatable bonds is 26. The molecule has 0 bridgehead atoms. The van der Waals surface area contributed by atoms with Crippen LogP contribution in [0.15, 0.2) is 48.5 Å². The normalized spacial score (nSPS) is 20.8. The minimum atomic E-state index is -1.47. The molecule has 4 saturated heterocycles. The van der Waals surface area contributed by atoms with Crippen molar-refractivity contribution >= 4 is 65.0 Å². The second-order valence-corrected chi connectivity index (χ2v) is 21.2. The van der Waals surface area contributed by atoms with E-state index in [0.717, 1.165) is 6.42 Å². The molecule has 4 fully saturated rings. The Kier molecular flexibility index (Phi) is 21.5. The fraction of sp³-hybridized carbons (Fsp3) is 0.574. The lowest BCUT2D eigenvalue weighted by Crippen LogP contribution is -2.60. The first kappa shape index (κ1) is 60.4. The van der Waals surface area contributed by atoms with E-state index >= 15 is 0 Å². The van der Waals surface area contributed by atoms with Gasteiger partial charge in [-0.2, -0.15) is 0 Å². The van der Waals surface area contributed by atoms with E-state index in [-0.39, 0.29) is 107 Å². The average molecular weight is 1100 g/mol. The number of aliphatic carboxylic acids is 1. The third-order valence-corrected chi connectivity index (χ3v) is 14.8. The number of carbonyl (C=O) groups is 11. The van der Waals surface area contributed by atoms with Gasteiger partial charge in [0.2, 0.25) is 59.1 Å². The van der Waals surface area contributed by atoms with Gasteiger partial charge in [-0.1, -0.05) is 38.1 Å². The molecule has 0 unspecified atom stereocenters. The Morgan fingerprint density at radius 2 is 0.937 bits per heavy atom. The van der Waals surface area contributed by atoms with Crippen molar-refractivity contribution in [1.82, 2.24) is 46.6 Å². The summed E-state index contributed by atoms with van der Waals surface area (Å²) in [5.41, 5.74) is 12.2. The van der Waals surface area contributed by atoms with Gasteiger partial charge in [0.15, 0.2) is 0 Å². The van der Waals surface area contributed by atoms with Gasteiger partial charge in [0.25, 0.3) is 0 Å². The van der Waals surface area contributed by atoms with Crippen LogP contribution in [-0.4, -0.2) is 176 Å². The smallest absolute Gasteiger partial charge is 0.326 e. The number of aromatic hydroxyl groups is 2. The minimum absolute atomic E-state index is 0.00990. The molecular formula is C54H75N11O14. The number of hydrogen-bond acceptors (Lipinski definition) is 14. The summed E-state index contributed by atoms with van der Waals surface area (Å²) in [4.78, 5) is 153. The molecule has 6 rings (SSSR count). The van der Waals surface area contributed by atoms with Crippen molar-refractivity contribution in [3.63, 3.8) is 0 Å². The number of hydrogen-bond donors (Lipinski definition) is 11. The molecule has 4 aliphatic rings. The number of phenols is 2. The van der Waals surface area contributed by atoms with Crippen LogP contribution in [-0.2, 0) is 65.6 Å². The van der Waals surface area contributed by atoms with Gasteiger partial charge in [-0.25, -0.2) is 4.79 Å². The Morgan fingerprint density at radius 1 is 0.532 bits per heavy atom. The molecular weight excluding hydrogens is 1030 g/mol. The first-order valence-corrected chi connectivity index (χ1v) is 27.1. The van der Waals surface area contributed by atoms with Crippen LogP contribution in [0, 0.1) is 5.92 Å². The summed E-state index contributed by atoms with van der Waals surface area (Å²) >= 11 is 0. The van der Waals surface area contributed by atoms with E-state index in [1.807, 2.05) is 0 Å². The predicted octanol–water partition coefficient (Wildman–Crippen LogP) is -1.31. The van der Waals surface area contributed by atoms with Crippen molar-refractivity contribution in [3.8, 4) is 11.5 Å². The van der Waals surface area contributed by atoms with E-state index in [0.29, 0.717) is 43.4 Å². The van der Waals surface area contributed by atoms with Crippen LogP contribution in [0.1, 0.15) is 108 Å². The number of phenolic OH excluding ortho intramolecular Hbond substituents is 2. The molecule has 430 valence electrons. The van der Waals surface area contributed by atoms with Crippen molar-refractivity contribution in [1.29, 1.82) is 0 Å². The Labute approximate surface area is 457 Å². The van der Waals surface area contributed by atoms with Gasteiger partial charge in [-0.3, -0.25) is 47.9 Å². The Morgan fingerprint density at radius 3 is 1.37 bits per heavy atom. The lowest BCUT2D eigenvalue weighted by atomic mass is 10.0. The van der Waals surface area contributed by atoms with Crippen LogP contribution >= 0.6 is 0 Å². The molecule has 2 aromatic carbocycles. The molecule has 9 atom stereocenters. The van der Waals surface area contributed by atoms with Gasteiger partial charge in [-0.15, -0.1) is 0 Å². The zero-order chi connectivity index (χ0) is 57.5. The van der Waals surface area contributed by atoms with E-state index in [1.165, 1.54) is 51.1 Å². The monoisotopic (exact) mass is 1100 g/mol. The SMILES string of the molecule is CC(C)C[C@H](NC(=O)[C@H](CCC(N)=O)NC(=O)[C@@H]1CCCN1C(=O)[C@H](CCC(N)=O)NC(=O)[C@@H]1CCCN1C(=O)[C@H](Cc1ccc(O)cc1)NC(=O)[C@@H]1CCCN1)C(=O)N1CCC[C@H]1C(=O)N[C@@H](Cc1ccc(O)cc1)C(=O)O. The van der Waals surface area contributed by atoms with Gasteiger partial charge in [0, 0.05) is 45.3 Å². The zero-order valence-corrected chi connectivity index (χ0v) is 44.7. The first-order valence-electron chi connectivity index (χ1n) is 27.1. The highest BCUT2D eigenvalue weighted by molar-refractivity contribution is 5.99. The fourth-order valence-corrected chi connectivity index (χ4v) is 10.7. The van der Waals surface area contributed by atoms with Crippen LogP contribution in [0.2, 0.25) is 0 Å². The molecule has 2 aromatic rings. The number of nitrogens with two attached hydrogens (primary N) is 2. The molecule has 10 amide bonds. The lowest BCUT2D eigenvalue weighted by molar-refractivity contribution is -0.145. The number of carboxylic acid groups (broad SMARTS) is 1. The van der Waals surface area contributed by atoms with Crippen molar-refractivity contribution in [2.75, 3.05) is 26.2 Å². The van der Waals surface area contributed by atoms with Gasteiger partial charge in [-0.05, 0) is 118 Å². The van der Waals surface area contributed by atoms with Gasteiger partial charge in [0.1, 0.15) is 59.8 Å². The van der Waals surface area contributed by atoms with Gasteiger partial charge in [0.05, 0.1) is 6.04 Å². The molecule has 4 heterocycles. The molecule has 0 aromatic heterocycles. The van der Waals surface area contributed by atoms with Crippen molar-refractivity contribution < 1.29 is 68.1 Å². The van der Waals surface area contributed by atoms with Crippen molar-refractivity contribution in [3.05, 3.63) is 59.7 Å². The Bertz CT molecular complexity index is 2560. The van der Waals surface area contributed by atoms with E-state index in [1.54, 1.807) is 26.0 Å². The van der Waals surface area contributed by atoms with Crippen LogP contribution < -0.4 is 43.4 Å². The van der Waals surface area contributed by atoms with E-state index in [9.17, 15) is 68.1 Å². The zero-order valence-electron chi connectivity index (χ0n) is 44.7. The van der Waals surface area contributed by atoms with Crippen LogP contribution in [0.5, 0.6) is 11.5 Å². The Balaban J connectivity index is 1.14. The summed E-state index contributed by atoms with van der Waals surface area (Å²) in [5.74, 6) is -8.51. The number of likely N-dealkylation sites (tertiary alicyclic amines) is 3. The summed E-state index contributed by atoms with van der Waals surface area (Å²) in [6.07, 6.45) is 1.70. The summed E-state index contributed by atoms with van der Waals surface area (Å²) in [6, 6.07) is 1.48. The van der Waals surface area contributed by atoms with Gasteiger partial charge < -0.3 is 73.4 Å². The largest absolute Gasteiger partial charge is 0.508 e. The molecule has 0 saturated carbocycles. The number of carbonyl (C=O) groups excluding carboxylic acids is 10. The second-order valence-electron chi connectivity index (χ2n) is 21.2. The maximum absolute atomic E-state index is 14.5. The second kappa shape index (κ2) is 28.2. The number of carboxylic acids is 1.